The zero-order valence-corrected chi connectivity index (χ0v) is 12.7. The molecular weight excluding hydrogens is 276 g/mol. The minimum absolute atomic E-state index is 0.224. The van der Waals surface area contributed by atoms with Crippen molar-refractivity contribution in [2.45, 2.75) is 26.4 Å². The summed E-state index contributed by atoms with van der Waals surface area (Å²) in [6.07, 6.45) is -0.0223. The molecule has 0 unspecified atom stereocenters. The van der Waals surface area contributed by atoms with Gasteiger partial charge in [-0.2, -0.15) is 5.26 Å². The van der Waals surface area contributed by atoms with Gasteiger partial charge < -0.3 is 10.1 Å². The molecule has 0 aliphatic heterocycles. The summed E-state index contributed by atoms with van der Waals surface area (Å²) in [6.45, 7) is 3.89. The second-order valence-corrected chi connectivity index (χ2v) is 5.01. The lowest BCUT2D eigenvalue weighted by atomic mass is 10.2. The number of anilines is 1. The minimum Gasteiger partial charge on any atom is -0.481 e. The Balaban J connectivity index is 2.05. The summed E-state index contributed by atoms with van der Waals surface area (Å²) in [5.41, 5.74) is 2.23. The number of amides is 1. The van der Waals surface area contributed by atoms with Crippen molar-refractivity contribution in [2.75, 3.05) is 5.32 Å². The lowest BCUT2D eigenvalue weighted by Crippen LogP contribution is -2.32. The highest BCUT2D eigenvalue weighted by molar-refractivity contribution is 5.94. The van der Waals surface area contributed by atoms with E-state index in [2.05, 4.69) is 5.32 Å². The van der Waals surface area contributed by atoms with E-state index in [4.69, 9.17) is 10.00 Å². The SMILES string of the molecule is CC[C@@H](Oc1ccc(C)cc1)C(=O)Nc1cccc(C#N)c1. The average molecular weight is 294 g/mol. The van der Waals surface area contributed by atoms with E-state index in [-0.39, 0.29) is 5.91 Å². The second kappa shape index (κ2) is 7.28. The van der Waals surface area contributed by atoms with Crippen LogP contribution in [0.4, 0.5) is 5.69 Å². The second-order valence-electron chi connectivity index (χ2n) is 5.01. The predicted molar refractivity (Wildman–Crippen MR) is 85.7 cm³/mol. The molecule has 2 aromatic carbocycles. The Morgan fingerprint density at radius 2 is 2.00 bits per heavy atom. The largest absolute Gasteiger partial charge is 0.481 e. The molecule has 0 heterocycles. The Morgan fingerprint density at radius 3 is 2.64 bits per heavy atom. The fourth-order valence-corrected chi connectivity index (χ4v) is 1.99. The van der Waals surface area contributed by atoms with Gasteiger partial charge in [0.15, 0.2) is 6.10 Å². The lowest BCUT2D eigenvalue weighted by molar-refractivity contribution is -0.122. The van der Waals surface area contributed by atoms with Crippen molar-refractivity contribution in [1.29, 1.82) is 5.26 Å². The molecule has 0 aliphatic rings. The highest BCUT2D eigenvalue weighted by Gasteiger charge is 2.18. The van der Waals surface area contributed by atoms with Gasteiger partial charge in [0.1, 0.15) is 5.75 Å². The summed E-state index contributed by atoms with van der Waals surface area (Å²) in [4.78, 5) is 12.3. The van der Waals surface area contributed by atoms with Crippen molar-refractivity contribution in [2.24, 2.45) is 0 Å². The molecule has 2 rings (SSSR count). The molecular formula is C18H18N2O2. The number of aryl methyl sites for hydroxylation is 1. The van der Waals surface area contributed by atoms with Crippen LogP contribution in [-0.2, 0) is 4.79 Å². The van der Waals surface area contributed by atoms with Gasteiger partial charge in [0.2, 0.25) is 0 Å². The fourth-order valence-electron chi connectivity index (χ4n) is 1.99. The molecule has 0 fully saturated rings. The molecule has 4 nitrogen and oxygen atoms in total. The highest BCUT2D eigenvalue weighted by atomic mass is 16.5. The molecule has 0 aromatic heterocycles. The number of carbonyl (C=O) groups excluding carboxylic acids is 1. The van der Waals surface area contributed by atoms with Gasteiger partial charge in [-0.05, 0) is 43.7 Å². The van der Waals surface area contributed by atoms with Crippen LogP contribution in [0.5, 0.6) is 5.75 Å². The molecule has 0 aliphatic carbocycles. The third-order valence-corrected chi connectivity index (χ3v) is 3.22. The van der Waals surface area contributed by atoms with E-state index < -0.39 is 6.10 Å². The van der Waals surface area contributed by atoms with Crippen LogP contribution in [0.2, 0.25) is 0 Å². The monoisotopic (exact) mass is 294 g/mol. The number of nitriles is 1. The smallest absolute Gasteiger partial charge is 0.265 e. The number of benzene rings is 2. The van der Waals surface area contributed by atoms with Gasteiger partial charge in [-0.1, -0.05) is 30.7 Å². The summed E-state index contributed by atoms with van der Waals surface area (Å²) in [7, 11) is 0. The Kier molecular flexibility index (Phi) is 5.16. The van der Waals surface area contributed by atoms with Crippen LogP contribution in [0.1, 0.15) is 24.5 Å². The Bertz CT molecular complexity index is 687. The third-order valence-electron chi connectivity index (χ3n) is 3.22. The van der Waals surface area contributed by atoms with E-state index in [0.29, 0.717) is 23.4 Å². The predicted octanol–water partition coefficient (Wildman–Crippen LogP) is 3.66. The summed E-state index contributed by atoms with van der Waals surface area (Å²) in [5.74, 6) is 0.441. The van der Waals surface area contributed by atoms with Crippen LogP contribution < -0.4 is 10.1 Å². The molecule has 1 N–H and O–H groups in total. The van der Waals surface area contributed by atoms with Crippen LogP contribution in [0.15, 0.2) is 48.5 Å². The van der Waals surface area contributed by atoms with E-state index >= 15 is 0 Å². The summed E-state index contributed by atoms with van der Waals surface area (Å²) < 4.78 is 5.73. The van der Waals surface area contributed by atoms with Gasteiger partial charge in [-0.25, -0.2) is 0 Å². The third kappa shape index (κ3) is 4.10. The van der Waals surface area contributed by atoms with Crippen LogP contribution in [0.3, 0.4) is 0 Å². The van der Waals surface area contributed by atoms with Gasteiger partial charge in [0.25, 0.3) is 5.91 Å². The van der Waals surface area contributed by atoms with Gasteiger partial charge in [0, 0.05) is 5.69 Å². The van der Waals surface area contributed by atoms with Crippen LogP contribution in [0.25, 0.3) is 0 Å². The zero-order valence-electron chi connectivity index (χ0n) is 12.7. The van der Waals surface area contributed by atoms with E-state index in [9.17, 15) is 4.79 Å². The van der Waals surface area contributed by atoms with E-state index in [1.807, 2.05) is 44.2 Å². The van der Waals surface area contributed by atoms with Crippen molar-refractivity contribution < 1.29 is 9.53 Å². The first kappa shape index (κ1) is 15.6. The molecule has 0 saturated heterocycles. The number of rotatable bonds is 5. The first-order valence-electron chi connectivity index (χ1n) is 7.16. The number of hydrogen-bond acceptors (Lipinski definition) is 3. The molecule has 2 aromatic rings. The van der Waals surface area contributed by atoms with E-state index in [1.165, 1.54) is 0 Å². The number of nitrogens with zero attached hydrogens (tertiary/aromatic N) is 1. The highest BCUT2D eigenvalue weighted by Crippen LogP contribution is 2.16. The standard InChI is InChI=1S/C18H18N2O2/c1-3-17(22-16-9-7-13(2)8-10-16)18(21)20-15-6-4-5-14(11-15)12-19/h4-11,17H,3H2,1-2H3,(H,20,21)/t17-/m1/s1. The zero-order chi connectivity index (χ0) is 15.9. The summed E-state index contributed by atoms with van der Waals surface area (Å²) >= 11 is 0. The molecule has 0 spiro atoms. The first-order chi connectivity index (χ1) is 10.6. The van der Waals surface area contributed by atoms with Crippen molar-refractivity contribution in [3.05, 3.63) is 59.7 Å². The topological polar surface area (TPSA) is 62.1 Å². The first-order valence-corrected chi connectivity index (χ1v) is 7.16. The molecule has 1 atom stereocenters. The molecule has 0 bridgehead atoms. The van der Waals surface area contributed by atoms with Gasteiger partial charge in [-0.15, -0.1) is 0 Å². The summed E-state index contributed by atoms with van der Waals surface area (Å²) in [6, 6.07) is 16.4. The Labute approximate surface area is 130 Å². The van der Waals surface area contributed by atoms with Crippen molar-refractivity contribution in [1.82, 2.24) is 0 Å². The van der Waals surface area contributed by atoms with Crippen LogP contribution in [-0.4, -0.2) is 12.0 Å². The molecule has 112 valence electrons. The molecule has 22 heavy (non-hydrogen) atoms. The van der Waals surface area contributed by atoms with Crippen LogP contribution >= 0.6 is 0 Å². The normalized spacial score (nSPS) is 11.3. The molecule has 1 amide bonds. The average Bonchev–Trinajstić information content (AvgIpc) is 2.54. The lowest BCUT2D eigenvalue weighted by Gasteiger charge is -2.17. The van der Waals surface area contributed by atoms with Gasteiger partial charge in [-0.3, -0.25) is 4.79 Å². The molecule has 0 saturated carbocycles. The maximum Gasteiger partial charge on any atom is 0.265 e. The number of hydrogen-bond donors (Lipinski definition) is 1. The fraction of sp³-hybridized carbons (Fsp3) is 0.222. The Hall–Kier alpha value is -2.80. The maximum absolute atomic E-state index is 12.3. The van der Waals surface area contributed by atoms with Crippen LogP contribution in [0, 0.1) is 18.3 Å². The minimum atomic E-state index is -0.576. The maximum atomic E-state index is 12.3. The number of carbonyl (C=O) groups is 1. The van der Waals surface area contributed by atoms with Crippen molar-refractivity contribution in [3.8, 4) is 11.8 Å². The summed E-state index contributed by atoms with van der Waals surface area (Å²) in [5, 5.41) is 11.7. The van der Waals surface area contributed by atoms with E-state index in [1.54, 1.807) is 24.3 Å². The quantitative estimate of drug-likeness (QED) is 0.915. The Morgan fingerprint density at radius 1 is 1.27 bits per heavy atom. The van der Waals surface area contributed by atoms with Gasteiger partial charge >= 0.3 is 0 Å². The van der Waals surface area contributed by atoms with Crippen molar-refractivity contribution >= 4 is 11.6 Å². The molecule has 4 heteroatoms. The number of nitrogens with one attached hydrogen (secondary N) is 1. The van der Waals surface area contributed by atoms with Crippen molar-refractivity contribution in [3.63, 3.8) is 0 Å². The van der Waals surface area contributed by atoms with E-state index in [0.717, 1.165) is 5.56 Å². The molecule has 0 radical (unpaired) electrons. The number of ether oxygens (including phenoxy) is 1. The van der Waals surface area contributed by atoms with Gasteiger partial charge in [0.05, 0.1) is 11.6 Å².